The molecule has 0 fully saturated rings. The molecule has 0 saturated heterocycles. The maximum Gasteiger partial charge on any atom is 0.0234 e. The summed E-state index contributed by atoms with van der Waals surface area (Å²) in [5, 5.41) is 9.73. The fourth-order valence-corrected chi connectivity index (χ4v) is 2.02. The third kappa shape index (κ3) is 26.4. The SMILES string of the molecule is CCCCCCCCCCCCN.CCCCN(C)O. The van der Waals surface area contributed by atoms with Gasteiger partial charge in [0, 0.05) is 13.6 Å². The van der Waals surface area contributed by atoms with Gasteiger partial charge in [-0.15, -0.1) is 0 Å². The lowest BCUT2D eigenvalue weighted by molar-refractivity contribution is -0.0652. The van der Waals surface area contributed by atoms with E-state index in [9.17, 15) is 0 Å². The number of hydroxylamine groups is 2. The highest BCUT2D eigenvalue weighted by atomic mass is 16.5. The van der Waals surface area contributed by atoms with E-state index in [1.165, 1.54) is 69.3 Å². The predicted octanol–water partition coefficient (Wildman–Crippen LogP) is 4.97. The molecule has 0 aromatic carbocycles. The number of hydrogen-bond acceptors (Lipinski definition) is 3. The van der Waals surface area contributed by atoms with Gasteiger partial charge in [0.2, 0.25) is 0 Å². The fourth-order valence-electron chi connectivity index (χ4n) is 2.02. The van der Waals surface area contributed by atoms with Crippen LogP contribution in [0.25, 0.3) is 0 Å². The summed E-state index contributed by atoms with van der Waals surface area (Å²) in [6.07, 6.45) is 16.2. The third-order valence-corrected chi connectivity index (χ3v) is 3.39. The number of hydrogen-bond donors (Lipinski definition) is 2. The molecule has 0 aliphatic carbocycles. The van der Waals surface area contributed by atoms with E-state index in [0.717, 1.165) is 25.9 Å². The second kappa shape index (κ2) is 21.2. The minimum Gasteiger partial charge on any atom is -0.330 e. The molecule has 0 heterocycles. The average molecular weight is 289 g/mol. The zero-order valence-electron chi connectivity index (χ0n) is 14.4. The minimum absolute atomic E-state index is 0.788. The van der Waals surface area contributed by atoms with E-state index in [1.54, 1.807) is 7.05 Å². The smallest absolute Gasteiger partial charge is 0.0234 e. The Morgan fingerprint density at radius 3 is 1.40 bits per heavy atom. The van der Waals surface area contributed by atoms with Gasteiger partial charge in [0.15, 0.2) is 0 Å². The Kier molecular flexibility index (Phi) is 23.5. The highest BCUT2D eigenvalue weighted by molar-refractivity contribution is 4.47. The Morgan fingerprint density at radius 1 is 0.700 bits per heavy atom. The zero-order chi connectivity index (χ0) is 15.5. The Labute approximate surface area is 127 Å². The monoisotopic (exact) mass is 288 g/mol. The van der Waals surface area contributed by atoms with Crippen molar-refractivity contribution in [1.82, 2.24) is 5.06 Å². The van der Waals surface area contributed by atoms with E-state index in [4.69, 9.17) is 10.9 Å². The normalized spacial score (nSPS) is 10.5. The highest BCUT2D eigenvalue weighted by Gasteiger charge is 1.91. The second-order valence-electron chi connectivity index (χ2n) is 5.71. The van der Waals surface area contributed by atoms with Crippen LogP contribution in [0.15, 0.2) is 0 Å². The largest absolute Gasteiger partial charge is 0.330 e. The van der Waals surface area contributed by atoms with Gasteiger partial charge < -0.3 is 10.9 Å². The molecule has 0 bridgehead atoms. The molecule has 0 rings (SSSR count). The third-order valence-electron chi connectivity index (χ3n) is 3.39. The van der Waals surface area contributed by atoms with E-state index >= 15 is 0 Å². The molecule has 0 aromatic heterocycles. The van der Waals surface area contributed by atoms with Crippen molar-refractivity contribution in [2.24, 2.45) is 5.73 Å². The van der Waals surface area contributed by atoms with Gasteiger partial charge in [0.05, 0.1) is 0 Å². The summed E-state index contributed by atoms with van der Waals surface area (Å²) in [5.74, 6) is 0. The lowest BCUT2D eigenvalue weighted by atomic mass is 10.1. The molecule has 0 radical (unpaired) electrons. The van der Waals surface area contributed by atoms with E-state index in [0.29, 0.717) is 0 Å². The van der Waals surface area contributed by atoms with Gasteiger partial charge in [-0.1, -0.05) is 78.1 Å². The van der Waals surface area contributed by atoms with Crippen molar-refractivity contribution < 1.29 is 5.21 Å². The van der Waals surface area contributed by atoms with Gasteiger partial charge in [0.1, 0.15) is 0 Å². The molecule has 3 N–H and O–H groups in total. The van der Waals surface area contributed by atoms with Crippen LogP contribution < -0.4 is 5.73 Å². The molecule has 0 saturated carbocycles. The Bertz CT molecular complexity index is 142. The molecule has 0 atom stereocenters. The van der Waals surface area contributed by atoms with Crippen molar-refractivity contribution in [1.29, 1.82) is 0 Å². The van der Waals surface area contributed by atoms with Crippen molar-refractivity contribution in [2.45, 2.75) is 90.9 Å². The summed E-state index contributed by atoms with van der Waals surface area (Å²) in [5.41, 5.74) is 5.42. The van der Waals surface area contributed by atoms with Crippen LogP contribution in [-0.4, -0.2) is 30.4 Å². The van der Waals surface area contributed by atoms with Gasteiger partial charge in [-0.2, -0.15) is 5.06 Å². The van der Waals surface area contributed by atoms with Crippen LogP contribution in [0.1, 0.15) is 90.9 Å². The van der Waals surface area contributed by atoms with Crippen molar-refractivity contribution in [3.05, 3.63) is 0 Å². The molecule has 0 aromatic rings. The van der Waals surface area contributed by atoms with E-state index < -0.39 is 0 Å². The van der Waals surface area contributed by atoms with Gasteiger partial charge in [-0.3, -0.25) is 0 Å². The van der Waals surface area contributed by atoms with Crippen molar-refractivity contribution >= 4 is 0 Å². The van der Waals surface area contributed by atoms with Gasteiger partial charge in [0.25, 0.3) is 0 Å². The first kappa shape index (κ1) is 22.2. The molecule has 0 amide bonds. The molecule has 0 unspecified atom stereocenters. The van der Waals surface area contributed by atoms with Gasteiger partial charge in [-0.05, 0) is 19.4 Å². The molecular weight excluding hydrogens is 248 g/mol. The maximum atomic E-state index is 8.52. The number of nitrogens with two attached hydrogens (primary N) is 1. The first-order valence-electron chi connectivity index (χ1n) is 8.79. The van der Waals surface area contributed by atoms with Gasteiger partial charge >= 0.3 is 0 Å². The van der Waals surface area contributed by atoms with E-state index in [1.807, 2.05) is 0 Å². The Morgan fingerprint density at radius 2 is 1.10 bits per heavy atom. The second-order valence-corrected chi connectivity index (χ2v) is 5.71. The van der Waals surface area contributed by atoms with Crippen LogP contribution in [0.5, 0.6) is 0 Å². The van der Waals surface area contributed by atoms with Crippen LogP contribution in [0.2, 0.25) is 0 Å². The van der Waals surface area contributed by atoms with Crippen molar-refractivity contribution in [3.8, 4) is 0 Å². The van der Waals surface area contributed by atoms with Crippen LogP contribution in [0.4, 0.5) is 0 Å². The zero-order valence-corrected chi connectivity index (χ0v) is 14.4. The topological polar surface area (TPSA) is 49.5 Å². The Hall–Kier alpha value is -0.120. The molecule has 0 aliphatic rings. The molecular formula is C17H40N2O. The van der Waals surface area contributed by atoms with Crippen molar-refractivity contribution in [3.63, 3.8) is 0 Å². The molecule has 0 aliphatic heterocycles. The number of unbranched alkanes of at least 4 members (excludes halogenated alkanes) is 10. The van der Waals surface area contributed by atoms with Crippen molar-refractivity contribution in [2.75, 3.05) is 20.1 Å². The summed E-state index contributed by atoms with van der Waals surface area (Å²) in [6, 6.07) is 0. The summed E-state index contributed by atoms with van der Waals surface area (Å²) in [4.78, 5) is 0. The highest BCUT2D eigenvalue weighted by Crippen LogP contribution is 2.09. The summed E-state index contributed by atoms with van der Waals surface area (Å²) < 4.78 is 0. The minimum atomic E-state index is 0.788. The molecule has 124 valence electrons. The standard InChI is InChI=1S/C12H27N.C5H13NO/c1-2-3-4-5-6-7-8-9-10-11-12-13;1-3-4-5-6(2)7/h2-13H2,1H3;7H,3-5H2,1-2H3. The van der Waals surface area contributed by atoms with Gasteiger partial charge in [-0.25, -0.2) is 0 Å². The Balaban J connectivity index is 0. The lowest BCUT2D eigenvalue weighted by Crippen LogP contribution is -2.13. The average Bonchev–Trinajstić information content (AvgIpc) is 2.44. The van der Waals surface area contributed by atoms with Crippen LogP contribution in [0, 0.1) is 0 Å². The van der Waals surface area contributed by atoms with E-state index in [-0.39, 0.29) is 0 Å². The summed E-state index contributed by atoms with van der Waals surface area (Å²) in [7, 11) is 1.66. The molecule has 3 nitrogen and oxygen atoms in total. The number of rotatable bonds is 13. The molecule has 3 heteroatoms. The summed E-state index contributed by atoms with van der Waals surface area (Å²) >= 11 is 0. The number of nitrogens with zero attached hydrogens (tertiary/aromatic N) is 1. The van der Waals surface area contributed by atoms with Crippen LogP contribution in [-0.2, 0) is 0 Å². The fraction of sp³-hybridized carbons (Fsp3) is 1.00. The molecule has 0 spiro atoms. The lowest BCUT2D eigenvalue weighted by Gasteiger charge is -2.03. The van der Waals surface area contributed by atoms with E-state index in [2.05, 4.69) is 13.8 Å². The first-order chi connectivity index (χ1) is 9.68. The molecule has 20 heavy (non-hydrogen) atoms. The summed E-state index contributed by atoms with van der Waals surface area (Å²) in [6.45, 7) is 6.03. The maximum absolute atomic E-state index is 8.52. The quantitative estimate of drug-likeness (QED) is 0.371. The predicted molar refractivity (Wildman–Crippen MR) is 90.2 cm³/mol. The first-order valence-corrected chi connectivity index (χ1v) is 8.79. The van der Waals surface area contributed by atoms with Crippen LogP contribution in [0.3, 0.4) is 0 Å². The van der Waals surface area contributed by atoms with Crippen LogP contribution >= 0.6 is 0 Å².